The Labute approximate surface area is 122 Å². The van der Waals surface area contributed by atoms with Gasteiger partial charge in [0.15, 0.2) is 0 Å². The number of rotatable bonds is 4. The molecule has 0 amide bonds. The summed E-state index contributed by atoms with van der Waals surface area (Å²) in [6, 6.07) is 6.93. The maximum absolute atomic E-state index is 12.5. The van der Waals surface area contributed by atoms with Gasteiger partial charge in [-0.15, -0.1) is 0 Å². The van der Waals surface area contributed by atoms with Crippen LogP contribution in [0.15, 0.2) is 29.2 Å². The molecule has 18 heavy (non-hydrogen) atoms. The molecule has 1 aliphatic rings. The molecule has 1 saturated heterocycles. The Morgan fingerprint density at radius 2 is 2.06 bits per heavy atom. The van der Waals surface area contributed by atoms with Crippen molar-refractivity contribution in [2.75, 3.05) is 20.3 Å². The highest BCUT2D eigenvalue weighted by atomic mass is 127. The normalized spacial score (nSPS) is 21.3. The van der Waals surface area contributed by atoms with Crippen LogP contribution in [-0.4, -0.2) is 39.0 Å². The van der Waals surface area contributed by atoms with Gasteiger partial charge in [0.2, 0.25) is 10.0 Å². The van der Waals surface area contributed by atoms with Crippen molar-refractivity contribution < 1.29 is 13.2 Å². The zero-order valence-corrected chi connectivity index (χ0v) is 13.1. The van der Waals surface area contributed by atoms with Crippen LogP contribution in [0.3, 0.4) is 0 Å². The van der Waals surface area contributed by atoms with Crippen LogP contribution >= 0.6 is 22.6 Å². The van der Waals surface area contributed by atoms with Gasteiger partial charge in [0.25, 0.3) is 0 Å². The van der Waals surface area contributed by atoms with Gasteiger partial charge < -0.3 is 4.74 Å². The number of sulfonamides is 1. The number of hydrogen-bond donors (Lipinski definition) is 0. The molecule has 0 spiro atoms. The van der Waals surface area contributed by atoms with E-state index in [0.29, 0.717) is 18.0 Å². The van der Waals surface area contributed by atoms with E-state index in [1.54, 1.807) is 23.5 Å². The van der Waals surface area contributed by atoms with Gasteiger partial charge in [0.1, 0.15) is 0 Å². The lowest BCUT2D eigenvalue weighted by molar-refractivity contribution is 0.149. The number of halogens is 1. The summed E-state index contributed by atoms with van der Waals surface area (Å²) in [7, 11) is -1.77. The van der Waals surface area contributed by atoms with Crippen molar-refractivity contribution >= 4 is 32.6 Å². The molecular formula is C12H16INO3S. The second-order valence-electron chi connectivity index (χ2n) is 4.32. The zero-order chi connectivity index (χ0) is 13.2. The summed E-state index contributed by atoms with van der Waals surface area (Å²) in [6.07, 6.45) is 1.77. The lowest BCUT2D eigenvalue weighted by Gasteiger charge is -2.23. The monoisotopic (exact) mass is 381 g/mol. The second kappa shape index (κ2) is 5.85. The fourth-order valence-corrected chi connectivity index (χ4v) is 4.27. The van der Waals surface area contributed by atoms with Crippen LogP contribution in [0.2, 0.25) is 0 Å². The van der Waals surface area contributed by atoms with Gasteiger partial charge in [-0.05, 0) is 59.7 Å². The molecule has 0 aliphatic carbocycles. The average Bonchev–Trinajstić information content (AvgIpc) is 2.79. The Morgan fingerprint density at radius 1 is 1.39 bits per heavy atom. The Hall–Kier alpha value is -0.180. The fourth-order valence-electron chi connectivity index (χ4n) is 2.23. The minimum absolute atomic E-state index is 0.0284. The van der Waals surface area contributed by atoms with Crippen LogP contribution in [0.4, 0.5) is 0 Å². The van der Waals surface area contributed by atoms with Crippen LogP contribution < -0.4 is 0 Å². The molecule has 4 nitrogen and oxygen atoms in total. The molecule has 1 atom stereocenters. The molecule has 1 heterocycles. The van der Waals surface area contributed by atoms with Crippen molar-refractivity contribution in [1.82, 2.24) is 4.31 Å². The smallest absolute Gasteiger partial charge is 0.243 e. The topological polar surface area (TPSA) is 46.6 Å². The van der Waals surface area contributed by atoms with Gasteiger partial charge in [0.05, 0.1) is 11.5 Å². The molecule has 0 N–H and O–H groups in total. The van der Waals surface area contributed by atoms with E-state index in [2.05, 4.69) is 22.6 Å². The third kappa shape index (κ3) is 2.87. The minimum atomic E-state index is -3.38. The van der Waals surface area contributed by atoms with Crippen molar-refractivity contribution in [3.63, 3.8) is 0 Å². The first kappa shape index (κ1) is 14.2. The summed E-state index contributed by atoms with van der Waals surface area (Å²) in [5.74, 6) is 0. The zero-order valence-electron chi connectivity index (χ0n) is 10.2. The second-order valence-corrected chi connectivity index (χ2v) is 7.46. The van der Waals surface area contributed by atoms with Crippen LogP contribution in [0.25, 0.3) is 0 Å². The predicted octanol–water partition coefficient (Wildman–Crippen LogP) is 2.09. The van der Waals surface area contributed by atoms with Crippen LogP contribution in [0.5, 0.6) is 0 Å². The molecular weight excluding hydrogens is 365 g/mol. The summed E-state index contributed by atoms with van der Waals surface area (Å²) < 4.78 is 32.7. The quantitative estimate of drug-likeness (QED) is 0.751. The molecule has 0 saturated carbocycles. The fraction of sp³-hybridized carbons (Fsp3) is 0.500. The van der Waals surface area contributed by atoms with E-state index in [-0.39, 0.29) is 6.04 Å². The SMILES string of the molecule is COCC1CCCN1S(=O)(=O)c1ccc(I)cc1. The molecule has 2 rings (SSSR count). The largest absolute Gasteiger partial charge is 0.383 e. The number of hydrogen-bond acceptors (Lipinski definition) is 3. The first-order valence-electron chi connectivity index (χ1n) is 5.82. The third-order valence-corrected chi connectivity index (χ3v) is 5.79. The van der Waals surface area contributed by atoms with Crippen molar-refractivity contribution in [2.45, 2.75) is 23.8 Å². The molecule has 0 bridgehead atoms. The van der Waals surface area contributed by atoms with Gasteiger partial charge in [0, 0.05) is 23.3 Å². The van der Waals surface area contributed by atoms with E-state index < -0.39 is 10.0 Å². The summed E-state index contributed by atoms with van der Waals surface area (Å²) >= 11 is 2.16. The third-order valence-electron chi connectivity index (χ3n) is 3.10. The molecule has 100 valence electrons. The van der Waals surface area contributed by atoms with Gasteiger partial charge in [-0.1, -0.05) is 0 Å². The van der Waals surface area contributed by atoms with Crippen LogP contribution in [0, 0.1) is 3.57 Å². The molecule has 1 fully saturated rings. The van der Waals surface area contributed by atoms with Gasteiger partial charge in [-0.2, -0.15) is 4.31 Å². The first-order valence-corrected chi connectivity index (χ1v) is 8.34. The maximum Gasteiger partial charge on any atom is 0.243 e. The lowest BCUT2D eigenvalue weighted by atomic mass is 10.2. The summed E-state index contributed by atoms with van der Waals surface area (Å²) in [4.78, 5) is 0.367. The van der Waals surface area contributed by atoms with E-state index >= 15 is 0 Å². The van der Waals surface area contributed by atoms with E-state index in [0.717, 1.165) is 16.4 Å². The van der Waals surface area contributed by atoms with Gasteiger partial charge >= 0.3 is 0 Å². The first-order chi connectivity index (χ1) is 8.55. The summed E-state index contributed by atoms with van der Waals surface area (Å²) in [6.45, 7) is 1.05. The average molecular weight is 381 g/mol. The Balaban J connectivity index is 2.27. The molecule has 1 aliphatic heterocycles. The Morgan fingerprint density at radius 3 is 2.67 bits per heavy atom. The van der Waals surface area contributed by atoms with Crippen LogP contribution in [-0.2, 0) is 14.8 Å². The molecule has 0 aromatic heterocycles. The lowest BCUT2D eigenvalue weighted by Crippen LogP contribution is -2.38. The van der Waals surface area contributed by atoms with E-state index in [1.807, 2.05) is 12.1 Å². The van der Waals surface area contributed by atoms with Crippen molar-refractivity contribution in [1.29, 1.82) is 0 Å². The Bertz CT molecular complexity index is 501. The Kier molecular flexibility index (Phi) is 4.63. The maximum atomic E-state index is 12.5. The summed E-state index contributed by atoms with van der Waals surface area (Å²) in [5.41, 5.74) is 0. The number of nitrogens with zero attached hydrogens (tertiary/aromatic N) is 1. The highest BCUT2D eigenvalue weighted by Crippen LogP contribution is 2.26. The van der Waals surface area contributed by atoms with Crippen LogP contribution in [0.1, 0.15) is 12.8 Å². The molecule has 1 aromatic rings. The van der Waals surface area contributed by atoms with Gasteiger partial charge in [-0.3, -0.25) is 0 Å². The van der Waals surface area contributed by atoms with E-state index in [1.165, 1.54) is 0 Å². The number of benzene rings is 1. The molecule has 1 unspecified atom stereocenters. The minimum Gasteiger partial charge on any atom is -0.383 e. The number of ether oxygens (including phenoxy) is 1. The number of methoxy groups -OCH3 is 1. The predicted molar refractivity (Wildman–Crippen MR) is 77.9 cm³/mol. The highest BCUT2D eigenvalue weighted by Gasteiger charge is 2.34. The highest BCUT2D eigenvalue weighted by molar-refractivity contribution is 14.1. The summed E-state index contributed by atoms with van der Waals surface area (Å²) in [5, 5.41) is 0. The van der Waals surface area contributed by atoms with Crippen molar-refractivity contribution in [2.24, 2.45) is 0 Å². The van der Waals surface area contributed by atoms with Crippen molar-refractivity contribution in [3.8, 4) is 0 Å². The molecule has 0 radical (unpaired) electrons. The standard InChI is InChI=1S/C12H16INO3S/c1-17-9-11-3-2-8-14(11)18(15,16)12-6-4-10(13)5-7-12/h4-7,11H,2-3,8-9H2,1H3. The van der Waals surface area contributed by atoms with Gasteiger partial charge in [-0.25, -0.2) is 8.42 Å². The van der Waals surface area contributed by atoms with E-state index in [9.17, 15) is 8.42 Å². The molecule has 6 heteroatoms. The van der Waals surface area contributed by atoms with Crippen molar-refractivity contribution in [3.05, 3.63) is 27.8 Å². The van der Waals surface area contributed by atoms with E-state index in [4.69, 9.17) is 4.74 Å². The molecule has 1 aromatic carbocycles.